The van der Waals surface area contributed by atoms with Gasteiger partial charge in [-0.1, -0.05) is 35.9 Å². The molecule has 4 aromatic rings. The van der Waals surface area contributed by atoms with E-state index in [0.29, 0.717) is 10.8 Å². The van der Waals surface area contributed by atoms with Crippen molar-refractivity contribution >= 4 is 35.0 Å². The number of ether oxygens (including phenoxy) is 2. The molecular formula is C28H21ClF2N4O2. The average molecular weight is 519 g/mol. The lowest BCUT2D eigenvalue weighted by atomic mass is 9.92. The number of aliphatic imine (C=N–C) groups is 1. The second kappa shape index (κ2) is 9.05. The lowest BCUT2D eigenvalue weighted by Gasteiger charge is -2.39. The van der Waals surface area contributed by atoms with Gasteiger partial charge in [0.1, 0.15) is 5.84 Å². The van der Waals surface area contributed by atoms with Crippen LogP contribution in [0.5, 0.6) is 11.5 Å². The van der Waals surface area contributed by atoms with Gasteiger partial charge in [-0.05, 0) is 72.7 Å². The Balaban J connectivity index is 1.59. The first kappa shape index (κ1) is 23.2. The molecule has 0 spiro atoms. The Morgan fingerprint density at radius 2 is 1.76 bits per heavy atom. The Labute approximate surface area is 217 Å². The van der Waals surface area contributed by atoms with Crippen molar-refractivity contribution in [2.45, 2.75) is 19.6 Å². The van der Waals surface area contributed by atoms with Crippen LogP contribution in [-0.4, -0.2) is 29.3 Å². The van der Waals surface area contributed by atoms with Gasteiger partial charge >= 0.3 is 6.61 Å². The molecule has 0 saturated heterocycles. The van der Waals surface area contributed by atoms with Crippen molar-refractivity contribution in [2.75, 3.05) is 12.0 Å². The van der Waals surface area contributed by atoms with Gasteiger partial charge < -0.3 is 14.4 Å². The number of alkyl halides is 2. The molecule has 0 aliphatic carbocycles. The van der Waals surface area contributed by atoms with E-state index in [0.717, 1.165) is 39.6 Å². The Morgan fingerprint density at radius 3 is 2.51 bits per heavy atom. The van der Waals surface area contributed by atoms with E-state index >= 15 is 0 Å². The highest BCUT2D eigenvalue weighted by Crippen LogP contribution is 2.47. The van der Waals surface area contributed by atoms with Gasteiger partial charge in [0, 0.05) is 10.6 Å². The zero-order valence-electron chi connectivity index (χ0n) is 19.9. The number of hydrogen-bond acceptors (Lipinski definition) is 5. The normalized spacial score (nSPS) is 15.7. The van der Waals surface area contributed by atoms with E-state index in [4.69, 9.17) is 26.4 Å². The summed E-state index contributed by atoms with van der Waals surface area (Å²) in [6.45, 7) is -1.02. The minimum atomic E-state index is -2.96. The van der Waals surface area contributed by atoms with Gasteiger partial charge in [-0.15, -0.1) is 0 Å². The van der Waals surface area contributed by atoms with Crippen molar-refractivity contribution in [3.05, 3.63) is 100 Å². The summed E-state index contributed by atoms with van der Waals surface area (Å²) in [7, 11) is 1.43. The summed E-state index contributed by atoms with van der Waals surface area (Å²) in [5.41, 5.74) is 5.34. The lowest BCUT2D eigenvalue weighted by molar-refractivity contribution is -0.0512. The number of aromatic nitrogens is 2. The number of nitrogens with zero attached hydrogens (tertiary/aromatic N) is 4. The van der Waals surface area contributed by atoms with E-state index in [1.165, 1.54) is 13.2 Å². The second-order valence-electron chi connectivity index (χ2n) is 8.63. The molecule has 186 valence electrons. The summed E-state index contributed by atoms with van der Waals surface area (Å²) in [5.74, 6) is 1.61. The number of fused-ring (bicyclic) bond motifs is 4. The highest BCUT2D eigenvalue weighted by Gasteiger charge is 2.38. The number of anilines is 1. The predicted octanol–water partition coefficient (Wildman–Crippen LogP) is 7.11. The van der Waals surface area contributed by atoms with Crippen LogP contribution in [-0.2, 0) is 0 Å². The summed E-state index contributed by atoms with van der Waals surface area (Å²) >= 11 is 6.12. The first-order valence-corrected chi connectivity index (χ1v) is 12.0. The molecule has 1 unspecified atom stereocenters. The van der Waals surface area contributed by atoms with Crippen LogP contribution in [0.3, 0.4) is 0 Å². The molecule has 0 bridgehead atoms. The number of hydrogen-bond donors (Lipinski definition) is 0. The van der Waals surface area contributed by atoms with Gasteiger partial charge in [0.05, 0.1) is 30.2 Å². The van der Waals surface area contributed by atoms with Crippen molar-refractivity contribution in [2.24, 2.45) is 4.99 Å². The molecule has 0 fully saturated rings. The molecule has 1 aromatic heterocycles. The monoisotopic (exact) mass is 518 g/mol. The molecular weight excluding hydrogens is 498 g/mol. The van der Waals surface area contributed by atoms with Crippen LogP contribution in [0.25, 0.3) is 11.8 Å². The third kappa shape index (κ3) is 3.94. The quantitative estimate of drug-likeness (QED) is 0.282. The van der Waals surface area contributed by atoms with E-state index in [-0.39, 0.29) is 17.5 Å². The Hall–Kier alpha value is -4.17. The number of benzene rings is 3. The van der Waals surface area contributed by atoms with Crippen molar-refractivity contribution in [3.63, 3.8) is 0 Å². The minimum absolute atomic E-state index is 0.0290. The van der Waals surface area contributed by atoms with Crippen LogP contribution < -0.4 is 14.4 Å². The molecule has 3 heterocycles. The summed E-state index contributed by atoms with van der Waals surface area (Å²) in [5, 5.41) is 5.47. The van der Waals surface area contributed by atoms with E-state index in [1.54, 1.807) is 16.8 Å². The maximum Gasteiger partial charge on any atom is 0.387 e. The van der Waals surface area contributed by atoms with Crippen LogP contribution in [0.15, 0.2) is 77.8 Å². The standard InChI is InChI=1S/C28H21ClF2N4O2/c1-16-25-26(18-7-13-22(37-28(30)31)23(15-18)36-2)34-21-6-4-3-5-17(21)8-14-24(34)32-27(25)35(33-16)20-11-9-19(29)10-12-20/h3-15,26,28H,1-2H3. The van der Waals surface area contributed by atoms with E-state index < -0.39 is 6.61 Å². The van der Waals surface area contributed by atoms with Gasteiger partial charge in [-0.3, -0.25) is 0 Å². The molecule has 0 N–H and O–H groups in total. The third-order valence-electron chi connectivity index (χ3n) is 6.48. The third-order valence-corrected chi connectivity index (χ3v) is 6.73. The summed E-state index contributed by atoms with van der Waals surface area (Å²) in [4.78, 5) is 7.17. The molecule has 37 heavy (non-hydrogen) atoms. The van der Waals surface area contributed by atoms with Gasteiger partial charge in [0.25, 0.3) is 0 Å². The number of methoxy groups -OCH3 is 1. The molecule has 0 radical (unpaired) electrons. The molecule has 2 aliphatic heterocycles. The van der Waals surface area contributed by atoms with Gasteiger partial charge in [-0.2, -0.15) is 13.9 Å². The smallest absolute Gasteiger partial charge is 0.387 e. The topological polar surface area (TPSA) is 51.9 Å². The Kier molecular flexibility index (Phi) is 5.68. The van der Waals surface area contributed by atoms with Crippen LogP contribution in [0.4, 0.5) is 20.3 Å². The molecule has 6 nitrogen and oxygen atoms in total. The number of amidine groups is 1. The summed E-state index contributed by atoms with van der Waals surface area (Å²) in [6.07, 6.45) is 4.00. The van der Waals surface area contributed by atoms with Gasteiger partial charge in [0.15, 0.2) is 17.3 Å². The van der Waals surface area contributed by atoms with Crippen molar-refractivity contribution in [1.29, 1.82) is 0 Å². The molecule has 0 amide bonds. The molecule has 2 aliphatic rings. The highest BCUT2D eigenvalue weighted by molar-refractivity contribution is 6.30. The SMILES string of the molecule is COc1cc(C2c3c(C)nn(-c4ccc(Cl)cc4)c3N=C3C=Cc4ccccc4N32)ccc1OC(F)F. The highest BCUT2D eigenvalue weighted by atomic mass is 35.5. The average Bonchev–Trinajstić information content (AvgIpc) is 3.23. The van der Waals surface area contributed by atoms with E-state index in [1.807, 2.05) is 67.6 Å². The molecule has 6 rings (SSSR count). The fraction of sp³-hybridized carbons (Fsp3) is 0.143. The van der Waals surface area contributed by atoms with Crippen molar-refractivity contribution in [3.8, 4) is 17.2 Å². The summed E-state index contributed by atoms with van der Waals surface area (Å²) < 4.78 is 37.9. The maximum atomic E-state index is 13.0. The first-order chi connectivity index (χ1) is 17.9. The number of aryl methyl sites for hydroxylation is 1. The zero-order valence-corrected chi connectivity index (χ0v) is 20.7. The van der Waals surface area contributed by atoms with Crippen LogP contribution in [0, 0.1) is 6.92 Å². The second-order valence-corrected chi connectivity index (χ2v) is 9.07. The van der Waals surface area contributed by atoms with Gasteiger partial charge in [-0.25, -0.2) is 9.67 Å². The van der Waals surface area contributed by atoms with Crippen molar-refractivity contribution in [1.82, 2.24) is 9.78 Å². The zero-order chi connectivity index (χ0) is 25.7. The van der Waals surface area contributed by atoms with Crippen molar-refractivity contribution < 1.29 is 18.3 Å². The summed E-state index contributed by atoms with van der Waals surface area (Å²) in [6, 6.07) is 20.1. The number of rotatable bonds is 5. The fourth-order valence-corrected chi connectivity index (χ4v) is 5.02. The van der Waals surface area contributed by atoms with Crippen LogP contribution in [0.1, 0.15) is 28.4 Å². The van der Waals surface area contributed by atoms with Gasteiger partial charge in [0.2, 0.25) is 0 Å². The Bertz CT molecular complexity index is 1560. The molecule has 1 atom stereocenters. The van der Waals surface area contributed by atoms with Crippen LogP contribution >= 0.6 is 11.6 Å². The Morgan fingerprint density at radius 1 is 0.973 bits per heavy atom. The number of para-hydroxylation sites is 1. The van der Waals surface area contributed by atoms with E-state index in [2.05, 4.69) is 9.64 Å². The fourth-order valence-electron chi connectivity index (χ4n) is 4.90. The molecule has 0 saturated carbocycles. The molecule has 9 heteroatoms. The van der Waals surface area contributed by atoms with E-state index in [9.17, 15) is 8.78 Å². The number of halogens is 3. The largest absolute Gasteiger partial charge is 0.493 e. The molecule has 3 aromatic carbocycles. The lowest BCUT2D eigenvalue weighted by Crippen LogP contribution is -2.38. The minimum Gasteiger partial charge on any atom is -0.493 e. The van der Waals surface area contributed by atoms with Crippen LogP contribution in [0.2, 0.25) is 5.02 Å². The predicted molar refractivity (Wildman–Crippen MR) is 140 cm³/mol. The first-order valence-electron chi connectivity index (χ1n) is 11.6. The maximum absolute atomic E-state index is 13.0.